The van der Waals surface area contributed by atoms with Crippen LogP contribution >= 0.6 is 11.6 Å². The first-order chi connectivity index (χ1) is 6.68. The maximum atomic E-state index is 11.5. The Morgan fingerprint density at radius 1 is 1.50 bits per heavy atom. The highest BCUT2D eigenvalue weighted by Crippen LogP contribution is 2.25. The molecule has 2 N–H and O–H groups in total. The van der Waals surface area contributed by atoms with Gasteiger partial charge in [-0.3, -0.25) is 4.79 Å². The summed E-state index contributed by atoms with van der Waals surface area (Å²) >= 11 is 6.02. The Morgan fingerprint density at radius 3 is 3.07 bits per heavy atom. The summed E-state index contributed by atoms with van der Waals surface area (Å²) < 4.78 is 0. The molecule has 1 atom stereocenters. The topological polar surface area (TPSA) is 41.1 Å². The van der Waals surface area contributed by atoms with Gasteiger partial charge in [0.25, 0.3) is 0 Å². The number of carbonyl (C=O) groups is 1. The van der Waals surface area contributed by atoms with Gasteiger partial charge < -0.3 is 10.6 Å². The van der Waals surface area contributed by atoms with E-state index < -0.39 is 0 Å². The largest absolute Gasteiger partial charge is 0.324 e. The minimum Gasteiger partial charge on any atom is -0.324 e. The molecule has 1 aromatic carbocycles. The summed E-state index contributed by atoms with van der Waals surface area (Å²) in [5.74, 6) is -0.0222. The third kappa shape index (κ3) is 1.61. The third-order valence-corrected chi connectivity index (χ3v) is 2.71. The second kappa shape index (κ2) is 3.59. The Hall–Kier alpha value is -1.06. The Morgan fingerprint density at radius 2 is 2.29 bits per heavy atom. The number of hydrogen-bond donors (Lipinski definition) is 2. The van der Waals surface area contributed by atoms with E-state index in [1.54, 1.807) is 0 Å². The summed E-state index contributed by atoms with van der Waals surface area (Å²) in [7, 11) is 0. The van der Waals surface area contributed by atoms with Crippen molar-refractivity contribution in [2.45, 2.75) is 19.5 Å². The van der Waals surface area contributed by atoms with Crippen LogP contribution in [0.15, 0.2) is 18.2 Å². The molecule has 74 valence electrons. The average molecular weight is 211 g/mol. The maximum Gasteiger partial charge on any atom is 0.241 e. The lowest BCUT2D eigenvalue weighted by Crippen LogP contribution is -2.34. The summed E-state index contributed by atoms with van der Waals surface area (Å²) in [6.07, 6.45) is 0. The van der Waals surface area contributed by atoms with Crippen LogP contribution in [0.4, 0.5) is 5.69 Å². The lowest BCUT2D eigenvalue weighted by molar-refractivity contribution is -0.117. The van der Waals surface area contributed by atoms with Crippen LogP contribution in [0.25, 0.3) is 0 Å². The van der Waals surface area contributed by atoms with Gasteiger partial charge in [0.2, 0.25) is 5.91 Å². The first-order valence-electron chi connectivity index (χ1n) is 4.50. The van der Waals surface area contributed by atoms with E-state index in [0.29, 0.717) is 11.6 Å². The van der Waals surface area contributed by atoms with E-state index in [0.717, 1.165) is 11.3 Å². The fourth-order valence-electron chi connectivity index (χ4n) is 1.44. The number of amides is 1. The predicted molar refractivity (Wildman–Crippen MR) is 56.4 cm³/mol. The minimum atomic E-state index is -0.182. The van der Waals surface area contributed by atoms with Gasteiger partial charge in [0, 0.05) is 22.8 Å². The summed E-state index contributed by atoms with van der Waals surface area (Å²) in [6, 6.07) is 5.33. The van der Waals surface area contributed by atoms with Gasteiger partial charge in [-0.2, -0.15) is 0 Å². The summed E-state index contributed by atoms with van der Waals surface area (Å²) in [4.78, 5) is 11.5. The minimum absolute atomic E-state index is 0.0222. The summed E-state index contributed by atoms with van der Waals surface area (Å²) in [6.45, 7) is 2.45. The van der Waals surface area contributed by atoms with Gasteiger partial charge in [-0.25, -0.2) is 0 Å². The highest BCUT2D eigenvalue weighted by Gasteiger charge is 2.19. The lowest BCUT2D eigenvalue weighted by atomic mass is 10.2. The monoisotopic (exact) mass is 210 g/mol. The van der Waals surface area contributed by atoms with E-state index in [2.05, 4.69) is 10.6 Å². The molecule has 0 fully saturated rings. The Labute approximate surface area is 87.4 Å². The smallest absolute Gasteiger partial charge is 0.241 e. The number of fused-ring (bicyclic) bond motifs is 1. The number of anilines is 1. The zero-order chi connectivity index (χ0) is 10.1. The molecule has 1 heterocycles. The highest BCUT2D eigenvalue weighted by atomic mass is 35.5. The van der Waals surface area contributed by atoms with Gasteiger partial charge in [-0.15, -0.1) is 0 Å². The van der Waals surface area contributed by atoms with Crippen LogP contribution in [0.2, 0.25) is 5.02 Å². The normalized spacial score (nSPS) is 21.0. The molecule has 1 aliphatic rings. The van der Waals surface area contributed by atoms with Crippen LogP contribution in [0.1, 0.15) is 12.5 Å². The molecular formula is C10H11ClN2O. The average Bonchev–Trinajstić information content (AvgIpc) is 2.29. The number of hydrogen-bond acceptors (Lipinski definition) is 2. The van der Waals surface area contributed by atoms with Crippen molar-refractivity contribution in [3.05, 3.63) is 28.8 Å². The van der Waals surface area contributed by atoms with Gasteiger partial charge in [-0.1, -0.05) is 17.7 Å². The van der Waals surface area contributed by atoms with Crippen LogP contribution in [0.3, 0.4) is 0 Å². The van der Waals surface area contributed by atoms with Gasteiger partial charge in [0.1, 0.15) is 0 Å². The predicted octanol–water partition coefficient (Wildman–Crippen LogP) is 1.77. The highest BCUT2D eigenvalue weighted by molar-refractivity contribution is 6.31. The van der Waals surface area contributed by atoms with E-state index in [9.17, 15) is 4.79 Å². The molecule has 0 saturated heterocycles. The van der Waals surface area contributed by atoms with Crippen molar-refractivity contribution in [3.8, 4) is 0 Å². The molecule has 0 aliphatic carbocycles. The van der Waals surface area contributed by atoms with Crippen LogP contribution in [-0.2, 0) is 11.3 Å². The van der Waals surface area contributed by atoms with Crippen LogP contribution < -0.4 is 10.6 Å². The molecule has 1 amide bonds. The zero-order valence-corrected chi connectivity index (χ0v) is 8.56. The molecule has 0 bridgehead atoms. The van der Waals surface area contributed by atoms with E-state index in [-0.39, 0.29) is 11.9 Å². The van der Waals surface area contributed by atoms with Crippen molar-refractivity contribution in [2.75, 3.05) is 5.32 Å². The van der Waals surface area contributed by atoms with Crippen molar-refractivity contribution in [1.29, 1.82) is 0 Å². The van der Waals surface area contributed by atoms with Crippen molar-refractivity contribution < 1.29 is 4.79 Å². The first kappa shape index (κ1) is 9.49. The number of rotatable bonds is 0. The van der Waals surface area contributed by atoms with Crippen LogP contribution in [-0.4, -0.2) is 11.9 Å². The third-order valence-electron chi connectivity index (χ3n) is 2.36. The lowest BCUT2D eigenvalue weighted by Gasteiger charge is -2.06. The second-order valence-corrected chi connectivity index (χ2v) is 3.76. The number of benzene rings is 1. The molecule has 3 nitrogen and oxygen atoms in total. The Balaban J connectivity index is 2.42. The van der Waals surface area contributed by atoms with Gasteiger partial charge >= 0.3 is 0 Å². The van der Waals surface area contributed by atoms with Gasteiger partial charge in [0.05, 0.1) is 6.04 Å². The van der Waals surface area contributed by atoms with E-state index in [1.165, 1.54) is 0 Å². The quantitative estimate of drug-likeness (QED) is 0.685. The van der Waals surface area contributed by atoms with Gasteiger partial charge in [0.15, 0.2) is 0 Å². The van der Waals surface area contributed by atoms with Crippen molar-refractivity contribution in [1.82, 2.24) is 5.32 Å². The molecule has 1 unspecified atom stereocenters. The molecule has 0 saturated carbocycles. The molecule has 4 heteroatoms. The van der Waals surface area contributed by atoms with Crippen LogP contribution in [0.5, 0.6) is 0 Å². The molecule has 0 spiro atoms. The van der Waals surface area contributed by atoms with E-state index >= 15 is 0 Å². The number of carbonyl (C=O) groups excluding carboxylic acids is 1. The van der Waals surface area contributed by atoms with Gasteiger partial charge in [-0.05, 0) is 19.1 Å². The number of nitrogens with one attached hydrogen (secondary N) is 2. The van der Waals surface area contributed by atoms with Crippen molar-refractivity contribution in [2.24, 2.45) is 0 Å². The summed E-state index contributed by atoms with van der Waals surface area (Å²) in [5, 5.41) is 6.61. The molecular weight excluding hydrogens is 200 g/mol. The fraction of sp³-hybridized carbons (Fsp3) is 0.300. The molecule has 0 radical (unpaired) electrons. The Bertz CT molecular complexity index is 378. The number of halogens is 1. The Kier molecular flexibility index (Phi) is 2.44. The second-order valence-electron chi connectivity index (χ2n) is 3.36. The van der Waals surface area contributed by atoms with Crippen molar-refractivity contribution in [3.63, 3.8) is 0 Å². The first-order valence-corrected chi connectivity index (χ1v) is 4.88. The summed E-state index contributed by atoms with van der Waals surface area (Å²) in [5.41, 5.74) is 1.76. The van der Waals surface area contributed by atoms with E-state index in [1.807, 2.05) is 25.1 Å². The standard InChI is InChI=1S/C10H11ClN2O/c1-6-10(14)13-9-4-2-3-8(11)7(9)5-12-6/h2-4,6,12H,5H2,1H3,(H,13,14). The maximum absolute atomic E-state index is 11.5. The van der Waals surface area contributed by atoms with Crippen LogP contribution in [0, 0.1) is 0 Å². The fourth-order valence-corrected chi connectivity index (χ4v) is 1.69. The van der Waals surface area contributed by atoms with Crippen molar-refractivity contribution >= 4 is 23.2 Å². The molecule has 2 rings (SSSR count). The SMILES string of the molecule is CC1NCc2c(Cl)cccc2NC1=O. The van der Waals surface area contributed by atoms with E-state index in [4.69, 9.17) is 11.6 Å². The molecule has 14 heavy (non-hydrogen) atoms. The molecule has 1 aromatic rings. The molecule has 1 aliphatic heterocycles. The molecule has 0 aromatic heterocycles. The zero-order valence-electron chi connectivity index (χ0n) is 7.80.